The second-order valence-electron chi connectivity index (χ2n) is 6.62. The molecule has 1 heterocycles. The number of carbonyl (C=O) groups is 1. The highest BCUT2D eigenvalue weighted by molar-refractivity contribution is 5.94. The monoisotopic (exact) mass is 288 g/mol. The van der Waals surface area contributed by atoms with E-state index in [1.54, 1.807) is 0 Å². The van der Waals surface area contributed by atoms with Gasteiger partial charge in [-0.05, 0) is 43.5 Å². The lowest BCUT2D eigenvalue weighted by Gasteiger charge is -2.52. The maximum Gasteiger partial charge on any atom is 0.224 e. The molecule has 1 aromatic carbocycles. The molecule has 2 atom stereocenters. The van der Waals surface area contributed by atoms with E-state index in [0.29, 0.717) is 18.6 Å². The highest BCUT2D eigenvalue weighted by Gasteiger charge is 2.48. The first-order valence-corrected chi connectivity index (χ1v) is 7.81. The maximum atomic E-state index is 11.4. The fourth-order valence-corrected chi connectivity index (χ4v) is 3.29. The Morgan fingerprint density at radius 3 is 2.90 bits per heavy atom. The van der Waals surface area contributed by atoms with Gasteiger partial charge >= 0.3 is 0 Å². The molecule has 2 unspecified atom stereocenters. The number of ether oxygens (including phenoxy) is 1. The molecule has 1 saturated carbocycles. The zero-order valence-electron chi connectivity index (χ0n) is 13.0. The Labute approximate surface area is 126 Å². The minimum Gasteiger partial charge on any atom is -0.382 e. The minimum absolute atomic E-state index is 0.114. The average molecular weight is 288 g/mol. The Balaban J connectivity index is 1.68. The number of benzene rings is 1. The van der Waals surface area contributed by atoms with Crippen LogP contribution in [0.1, 0.15) is 39.2 Å². The van der Waals surface area contributed by atoms with Gasteiger partial charge in [0.2, 0.25) is 5.91 Å². The molecule has 0 radical (unpaired) electrons. The first-order valence-electron chi connectivity index (χ1n) is 7.81. The zero-order chi connectivity index (χ0) is 15.0. The van der Waals surface area contributed by atoms with Crippen molar-refractivity contribution in [1.29, 1.82) is 0 Å². The summed E-state index contributed by atoms with van der Waals surface area (Å²) in [4.78, 5) is 11.4. The van der Waals surface area contributed by atoms with Crippen LogP contribution in [0.15, 0.2) is 18.2 Å². The molecular formula is C17H24N2O2. The number of carbonyl (C=O) groups excluding carboxylic acids is 1. The average Bonchev–Trinajstić information content (AvgIpc) is 2.46. The van der Waals surface area contributed by atoms with Crippen LogP contribution in [0.5, 0.6) is 0 Å². The van der Waals surface area contributed by atoms with Crippen molar-refractivity contribution in [3.8, 4) is 0 Å². The normalized spacial score (nSPS) is 26.5. The molecule has 114 valence electrons. The van der Waals surface area contributed by atoms with E-state index in [0.717, 1.165) is 30.8 Å². The molecule has 1 aromatic rings. The van der Waals surface area contributed by atoms with Gasteiger partial charge in [0.15, 0.2) is 0 Å². The Kier molecular flexibility index (Phi) is 3.66. The third-order valence-electron chi connectivity index (χ3n) is 4.89. The van der Waals surface area contributed by atoms with E-state index in [4.69, 9.17) is 4.74 Å². The molecule has 1 aliphatic heterocycles. The van der Waals surface area contributed by atoms with Crippen LogP contribution in [0.4, 0.5) is 11.4 Å². The van der Waals surface area contributed by atoms with Crippen LogP contribution in [-0.2, 0) is 16.0 Å². The molecule has 1 amide bonds. The predicted octanol–water partition coefficient (Wildman–Crippen LogP) is 3.19. The fraction of sp³-hybridized carbons (Fsp3) is 0.588. The first kappa shape index (κ1) is 14.4. The Morgan fingerprint density at radius 1 is 1.38 bits per heavy atom. The zero-order valence-corrected chi connectivity index (χ0v) is 13.0. The molecule has 3 rings (SSSR count). The predicted molar refractivity (Wildman–Crippen MR) is 84.6 cm³/mol. The van der Waals surface area contributed by atoms with Crippen molar-refractivity contribution in [2.75, 3.05) is 17.2 Å². The van der Waals surface area contributed by atoms with Crippen molar-refractivity contribution >= 4 is 17.3 Å². The van der Waals surface area contributed by atoms with Gasteiger partial charge in [0.1, 0.15) is 0 Å². The fourth-order valence-electron chi connectivity index (χ4n) is 3.29. The van der Waals surface area contributed by atoms with Crippen molar-refractivity contribution in [2.24, 2.45) is 5.41 Å². The van der Waals surface area contributed by atoms with E-state index >= 15 is 0 Å². The highest BCUT2D eigenvalue weighted by Crippen LogP contribution is 2.44. The maximum absolute atomic E-state index is 11.4. The molecule has 1 aliphatic carbocycles. The third kappa shape index (κ3) is 2.64. The lowest BCUT2D eigenvalue weighted by Crippen LogP contribution is -2.58. The van der Waals surface area contributed by atoms with Crippen LogP contribution in [-0.4, -0.2) is 24.7 Å². The van der Waals surface area contributed by atoms with Crippen LogP contribution >= 0.6 is 0 Å². The molecule has 1 fully saturated rings. The number of amides is 1. The number of rotatable bonds is 4. The summed E-state index contributed by atoms with van der Waals surface area (Å²) in [5.74, 6) is 0.114. The quantitative estimate of drug-likeness (QED) is 0.894. The molecule has 4 heteroatoms. The summed E-state index contributed by atoms with van der Waals surface area (Å²) in [6.45, 7) is 7.34. The van der Waals surface area contributed by atoms with Gasteiger partial charge in [0.05, 0.1) is 6.10 Å². The minimum atomic E-state index is 0.114. The van der Waals surface area contributed by atoms with Gasteiger partial charge in [0, 0.05) is 35.9 Å². The van der Waals surface area contributed by atoms with Gasteiger partial charge in [-0.1, -0.05) is 13.8 Å². The van der Waals surface area contributed by atoms with E-state index in [1.165, 1.54) is 5.56 Å². The SMILES string of the molecule is CCOC1CC(Nc2ccc3c(c2)CCC(=O)N3)C1(C)C. The summed E-state index contributed by atoms with van der Waals surface area (Å²) in [7, 11) is 0. The second-order valence-corrected chi connectivity index (χ2v) is 6.62. The van der Waals surface area contributed by atoms with Crippen LogP contribution in [0.25, 0.3) is 0 Å². The molecule has 21 heavy (non-hydrogen) atoms. The third-order valence-corrected chi connectivity index (χ3v) is 4.89. The molecular weight excluding hydrogens is 264 g/mol. The molecule has 2 aliphatic rings. The Hall–Kier alpha value is -1.55. The molecule has 0 bridgehead atoms. The summed E-state index contributed by atoms with van der Waals surface area (Å²) >= 11 is 0. The smallest absolute Gasteiger partial charge is 0.224 e. The van der Waals surface area contributed by atoms with Crippen molar-refractivity contribution in [3.05, 3.63) is 23.8 Å². The van der Waals surface area contributed by atoms with E-state index in [1.807, 2.05) is 6.07 Å². The summed E-state index contributed by atoms with van der Waals surface area (Å²) in [6, 6.07) is 6.65. The van der Waals surface area contributed by atoms with Gasteiger partial charge in [0.25, 0.3) is 0 Å². The van der Waals surface area contributed by atoms with Gasteiger partial charge in [-0.3, -0.25) is 4.79 Å². The van der Waals surface area contributed by atoms with Crippen LogP contribution in [0.3, 0.4) is 0 Å². The number of nitrogens with one attached hydrogen (secondary N) is 2. The van der Waals surface area contributed by atoms with Crippen LogP contribution in [0.2, 0.25) is 0 Å². The van der Waals surface area contributed by atoms with E-state index in [2.05, 4.69) is 43.5 Å². The topological polar surface area (TPSA) is 50.4 Å². The van der Waals surface area contributed by atoms with Gasteiger partial charge in [-0.2, -0.15) is 0 Å². The van der Waals surface area contributed by atoms with Crippen molar-refractivity contribution in [3.63, 3.8) is 0 Å². The second kappa shape index (κ2) is 5.34. The van der Waals surface area contributed by atoms with E-state index in [9.17, 15) is 4.79 Å². The Morgan fingerprint density at radius 2 is 2.19 bits per heavy atom. The summed E-state index contributed by atoms with van der Waals surface area (Å²) in [5, 5.41) is 6.55. The number of anilines is 2. The van der Waals surface area contributed by atoms with Gasteiger partial charge < -0.3 is 15.4 Å². The molecule has 0 aromatic heterocycles. The largest absolute Gasteiger partial charge is 0.382 e. The summed E-state index contributed by atoms with van der Waals surface area (Å²) in [6.07, 6.45) is 2.80. The lowest BCUT2D eigenvalue weighted by atomic mass is 9.64. The van der Waals surface area contributed by atoms with Crippen molar-refractivity contribution in [1.82, 2.24) is 0 Å². The number of hydrogen-bond acceptors (Lipinski definition) is 3. The standard InChI is InChI=1S/C17H24N2O2/c1-4-21-15-10-14(17(15,2)3)18-12-6-7-13-11(9-12)5-8-16(20)19-13/h6-7,9,14-15,18H,4-5,8,10H2,1-3H3,(H,19,20). The van der Waals surface area contributed by atoms with E-state index in [-0.39, 0.29) is 11.3 Å². The highest BCUT2D eigenvalue weighted by atomic mass is 16.5. The number of fused-ring (bicyclic) bond motifs is 1. The lowest BCUT2D eigenvalue weighted by molar-refractivity contribution is -0.116. The molecule has 4 nitrogen and oxygen atoms in total. The van der Waals surface area contributed by atoms with Crippen molar-refractivity contribution < 1.29 is 9.53 Å². The molecule has 0 saturated heterocycles. The Bertz CT molecular complexity index is 554. The van der Waals surface area contributed by atoms with Crippen molar-refractivity contribution in [2.45, 2.75) is 52.2 Å². The number of aryl methyl sites for hydroxylation is 1. The van der Waals surface area contributed by atoms with Gasteiger partial charge in [-0.15, -0.1) is 0 Å². The first-order chi connectivity index (χ1) is 10.0. The van der Waals surface area contributed by atoms with E-state index < -0.39 is 0 Å². The van der Waals surface area contributed by atoms with Crippen LogP contribution < -0.4 is 10.6 Å². The molecule has 2 N–H and O–H groups in total. The number of hydrogen-bond donors (Lipinski definition) is 2. The van der Waals surface area contributed by atoms with Crippen LogP contribution in [0, 0.1) is 5.41 Å². The molecule has 0 spiro atoms. The van der Waals surface area contributed by atoms with Gasteiger partial charge in [-0.25, -0.2) is 0 Å². The summed E-state index contributed by atoms with van der Waals surface area (Å²) < 4.78 is 5.78. The summed E-state index contributed by atoms with van der Waals surface area (Å²) in [5.41, 5.74) is 3.47.